The molecule has 0 bridgehead atoms. The van der Waals surface area contributed by atoms with Crippen LogP contribution in [0.25, 0.3) is 32.6 Å². The number of ether oxygens (including phenoxy) is 2. The van der Waals surface area contributed by atoms with Gasteiger partial charge in [-0.2, -0.15) is 0 Å². The minimum Gasteiger partial charge on any atom is -0.497 e. The van der Waals surface area contributed by atoms with Gasteiger partial charge in [-0.3, -0.25) is 4.79 Å². The van der Waals surface area contributed by atoms with Gasteiger partial charge in [0.25, 0.3) is 5.91 Å². The highest BCUT2D eigenvalue weighted by Gasteiger charge is 2.13. The van der Waals surface area contributed by atoms with Gasteiger partial charge in [0.05, 0.1) is 30.5 Å². The van der Waals surface area contributed by atoms with Gasteiger partial charge in [0.2, 0.25) is 0 Å². The molecule has 5 nitrogen and oxygen atoms in total. The van der Waals surface area contributed by atoms with Crippen molar-refractivity contribution in [3.8, 4) is 34.0 Å². The number of hydrogen-bond donors (Lipinski definition) is 1. The van der Waals surface area contributed by atoms with Gasteiger partial charge < -0.3 is 14.8 Å². The molecule has 2 aromatic heterocycles. The van der Waals surface area contributed by atoms with E-state index < -0.39 is 0 Å². The van der Waals surface area contributed by atoms with Crippen LogP contribution >= 0.6 is 11.3 Å². The lowest BCUT2D eigenvalue weighted by atomic mass is 10.1. The van der Waals surface area contributed by atoms with Gasteiger partial charge in [0, 0.05) is 21.5 Å². The molecule has 0 radical (unpaired) electrons. The van der Waals surface area contributed by atoms with E-state index in [4.69, 9.17) is 14.5 Å². The minimum atomic E-state index is -0.124. The van der Waals surface area contributed by atoms with Crippen molar-refractivity contribution in [2.24, 2.45) is 0 Å². The van der Waals surface area contributed by atoms with Crippen molar-refractivity contribution in [2.75, 3.05) is 19.5 Å². The molecule has 0 aliphatic heterocycles. The molecule has 3 aromatic carbocycles. The first-order chi connectivity index (χ1) is 16.6. The summed E-state index contributed by atoms with van der Waals surface area (Å²) in [5.41, 5.74) is 4.02. The fourth-order valence-electron chi connectivity index (χ4n) is 3.80. The molecule has 1 N–H and O–H groups in total. The van der Waals surface area contributed by atoms with Crippen LogP contribution in [0.15, 0.2) is 91.0 Å². The molecule has 1 amide bonds. The zero-order valence-electron chi connectivity index (χ0n) is 18.7. The monoisotopic (exact) mass is 466 g/mol. The van der Waals surface area contributed by atoms with Crippen LogP contribution in [0.4, 0.5) is 5.69 Å². The van der Waals surface area contributed by atoms with Crippen molar-refractivity contribution in [2.45, 2.75) is 0 Å². The molecular weight excluding hydrogens is 444 g/mol. The standard InChI is InChI=1S/C28H22N2O3S/c1-32-21-13-14-25(33-2)22(17-21)24-11-6-10-23(30-24)18-8-5-9-20(15-18)29-28(31)27-16-19-7-3-4-12-26(19)34-27/h3-17H,1-2H3,(H,29,31). The molecule has 0 saturated heterocycles. The van der Waals surface area contributed by atoms with Gasteiger partial charge >= 0.3 is 0 Å². The van der Waals surface area contributed by atoms with E-state index in [0.717, 1.165) is 44.1 Å². The van der Waals surface area contributed by atoms with E-state index >= 15 is 0 Å². The number of carbonyl (C=O) groups excluding carboxylic acids is 1. The Bertz CT molecular complexity index is 1460. The number of pyridine rings is 1. The first kappa shape index (κ1) is 21.7. The molecule has 0 aliphatic rings. The Kier molecular flexibility index (Phi) is 5.97. The quantitative estimate of drug-likeness (QED) is 0.296. The highest BCUT2D eigenvalue weighted by Crippen LogP contribution is 2.34. The minimum absolute atomic E-state index is 0.124. The van der Waals surface area contributed by atoms with Gasteiger partial charge in [0.15, 0.2) is 0 Å². The number of anilines is 1. The lowest BCUT2D eigenvalue weighted by Gasteiger charge is -2.12. The summed E-state index contributed by atoms with van der Waals surface area (Å²) in [6, 6.07) is 29.1. The number of nitrogens with one attached hydrogen (secondary N) is 1. The number of rotatable bonds is 6. The largest absolute Gasteiger partial charge is 0.497 e. The van der Waals surface area contributed by atoms with E-state index in [1.54, 1.807) is 14.2 Å². The third-order valence-electron chi connectivity index (χ3n) is 5.50. The van der Waals surface area contributed by atoms with Crippen molar-refractivity contribution in [1.82, 2.24) is 4.98 Å². The van der Waals surface area contributed by atoms with Gasteiger partial charge in [-0.1, -0.05) is 36.4 Å². The molecule has 0 aliphatic carbocycles. The van der Waals surface area contributed by atoms with E-state index in [1.807, 2.05) is 91.0 Å². The van der Waals surface area contributed by atoms with Crippen LogP contribution in [0.5, 0.6) is 11.5 Å². The normalized spacial score (nSPS) is 10.8. The van der Waals surface area contributed by atoms with E-state index in [1.165, 1.54) is 11.3 Å². The zero-order valence-corrected chi connectivity index (χ0v) is 19.6. The summed E-state index contributed by atoms with van der Waals surface area (Å²) in [7, 11) is 3.27. The van der Waals surface area contributed by atoms with Crippen molar-refractivity contribution in [1.29, 1.82) is 0 Å². The lowest BCUT2D eigenvalue weighted by Crippen LogP contribution is -2.10. The van der Waals surface area contributed by atoms with E-state index in [-0.39, 0.29) is 5.91 Å². The number of methoxy groups -OCH3 is 2. The highest BCUT2D eigenvalue weighted by atomic mass is 32.1. The summed E-state index contributed by atoms with van der Waals surface area (Å²) in [6.45, 7) is 0. The SMILES string of the molecule is COc1ccc(OC)c(-c2cccc(-c3cccc(NC(=O)c4cc5ccccc5s4)c3)n2)c1. The number of aromatic nitrogens is 1. The van der Waals surface area contributed by atoms with Crippen LogP contribution in [0.3, 0.4) is 0 Å². The van der Waals surface area contributed by atoms with Crippen LogP contribution in [-0.4, -0.2) is 25.1 Å². The number of thiophene rings is 1. The number of amides is 1. The third-order valence-corrected chi connectivity index (χ3v) is 6.61. The second-order valence-electron chi connectivity index (χ2n) is 7.66. The van der Waals surface area contributed by atoms with Crippen molar-refractivity contribution in [3.05, 3.63) is 95.9 Å². The number of nitrogens with zero attached hydrogens (tertiary/aromatic N) is 1. The molecular formula is C28H22N2O3S. The second-order valence-corrected chi connectivity index (χ2v) is 8.74. The van der Waals surface area contributed by atoms with Crippen LogP contribution < -0.4 is 14.8 Å². The predicted octanol–water partition coefficient (Wildman–Crippen LogP) is 6.90. The van der Waals surface area contributed by atoms with Gasteiger partial charge in [-0.15, -0.1) is 11.3 Å². The van der Waals surface area contributed by atoms with E-state index in [0.29, 0.717) is 10.6 Å². The van der Waals surface area contributed by atoms with Crippen LogP contribution in [0.2, 0.25) is 0 Å². The molecule has 0 saturated carbocycles. The van der Waals surface area contributed by atoms with E-state index in [2.05, 4.69) is 5.32 Å². The van der Waals surface area contributed by atoms with Gasteiger partial charge in [-0.25, -0.2) is 4.98 Å². The summed E-state index contributed by atoms with van der Waals surface area (Å²) in [6.07, 6.45) is 0. The van der Waals surface area contributed by atoms with Crippen molar-refractivity contribution >= 4 is 33.0 Å². The molecule has 168 valence electrons. The second kappa shape index (κ2) is 9.37. The summed E-state index contributed by atoms with van der Waals surface area (Å²) >= 11 is 1.48. The molecule has 0 spiro atoms. The van der Waals surface area contributed by atoms with Crippen LogP contribution in [0.1, 0.15) is 9.67 Å². The maximum atomic E-state index is 12.9. The fraction of sp³-hybridized carbons (Fsp3) is 0.0714. The average Bonchev–Trinajstić information content (AvgIpc) is 3.33. The zero-order chi connectivity index (χ0) is 23.5. The number of fused-ring (bicyclic) bond motifs is 1. The first-order valence-corrected chi connectivity index (χ1v) is 11.6. The Balaban J connectivity index is 1.43. The Morgan fingerprint density at radius 1 is 0.824 bits per heavy atom. The molecule has 34 heavy (non-hydrogen) atoms. The summed E-state index contributed by atoms with van der Waals surface area (Å²) in [5, 5.41) is 4.09. The summed E-state index contributed by atoms with van der Waals surface area (Å²) < 4.78 is 12.0. The Hall–Kier alpha value is -4.16. The molecule has 0 unspecified atom stereocenters. The van der Waals surface area contributed by atoms with Crippen molar-refractivity contribution in [3.63, 3.8) is 0 Å². The Morgan fingerprint density at radius 2 is 1.65 bits per heavy atom. The number of carbonyl (C=O) groups is 1. The molecule has 5 rings (SSSR count). The Morgan fingerprint density at radius 3 is 2.47 bits per heavy atom. The fourth-order valence-corrected chi connectivity index (χ4v) is 4.76. The predicted molar refractivity (Wildman–Crippen MR) is 138 cm³/mol. The maximum Gasteiger partial charge on any atom is 0.265 e. The number of hydrogen-bond acceptors (Lipinski definition) is 5. The maximum absolute atomic E-state index is 12.9. The number of benzene rings is 3. The Labute approximate surface area is 201 Å². The molecule has 6 heteroatoms. The molecule has 5 aromatic rings. The molecule has 2 heterocycles. The van der Waals surface area contributed by atoms with Crippen LogP contribution in [0, 0.1) is 0 Å². The smallest absolute Gasteiger partial charge is 0.265 e. The van der Waals surface area contributed by atoms with E-state index in [9.17, 15) is 4.79 Å². The van der Waals surface area contributed by atoms with Crippen molar-refractivity contribution < 1.29 is 14.3 Å². The first-order valence-electron chi connectivity index (χ1n) is 10.7. The summed E-state index contributed by atoms with van der Waals surface area (Å²) in [4.78, 5) is 18.4. The molecule has 0 atom stereocenters. The van der Waals surface area contributed by atoms with Gasteiger partial charge in [0.1, 0.15) is 11.5 Å². The average molecular weight is 467 g/mol. The van der Waals surface area contributed by atoms with Gasteiger partial charge in [-0.05, 0) is 60.0 Å². The topological polar surface area (TPSA) is 60.5 Å². The third kappa shape index (κ3) is 4.36. The highest BCUT2D eigenvalue weighted by molar-refractivity contribution is 7.20. The lowest BCUT2D eigenvalue weighted by molar-refractivity contribution is 0.103. The molecule has 0 fully saturated rings. The van der Waals surface area contributed by atoms with Crippen LogP contribution in [-0.2, 0) is 0 Å². The summed E-state index contributed by atoms with van der Waals surface area (Å²) in [5.74, 6) is 1.32.